The van der Waals surface area contributed by atoms with Crippen LogP contribution >= 0.6 is 0 Å². The predicted molar refractivity (Wildman–Crippen MR) is 195 cm³/mol. The number of pyridine rings is 2. The number of fused-ring (bicyclic) bond motifs is 3. The summed E-state index contributed by atoms with van der Waals surface area (Å²) in [5.74, 6) is 0. The maximum atomic E-state index is 4.74. The van der Waals surface area contributed by atoms with Gasteiger partial charge >= 0.3 is 0 Å². The van der Waals surface area contributed by atoms with Gasteiger partial charge in [0, 0.05) is 29.7 Å². The first kappa shape index (κ1) is 27.9. The van der Waals surface area contributed by atoms with Gasteiger partial charge < -0.3 is 0 Å². The molecule has 0 saturated heterocycles. The van der Waals surface area contributed by atoms with Gasteiger partial charge in [-0.2, -0.15) is 0 Å². The van der Waals surface area contributed by atoms with E-state index in [4.69, 9.17) is 4.98 Å². The molecule has 2 aromatic heterocycles. The summed E-state index contributed by atoms with van der Waals surface area (Å²) in [4.78, 5) is 9.04. The summed E-state index contributed by atoms with van der Waals surface area (Å²) in [6, 6.07) is 46.7. The Hall–Kier alpha value is -5.60. The van der Waals surface area contributed by atoms with Crippen molar-refractivity contribution < 1.29 is 0 Å². The van der Waals surface area contributed by atoms with E-state index in [1.54, 1.807) is 6.20 Å². The molecule has 6 aromatic carbocycles. The largest absolute Gasteiger partial charge is 0.264 e. The summed E-state index contributed by atoms with van der Waals surface area (Å²) in [7, 11) is 0. The normalized spacial score (nSPS) is 11.4. The van der Waals surface area contributed by atoms with Crippen LogP contribution in [0.15, 0.2) is 146 Å². The van der Waals surface area contributed by atoms with Gasteiger partial charge in [0.1, 0.15) is 0 Å². The van der Waals surface area contributed by atoms with E-state index >= 15 is 0 Å². The summed E-state index contributed by atoms with van der Waals surface area (Å²) in [5, 5.41) is 7.66. The van der Waals surface area contributed by atoms with Crippen molar-refractivity contribution in [2.45, 2.75) is 26.7 Å². The van der Waals surface area contributed by atoms with Crippen LogP contribution in [0, 0.1) is 6.92 Å². The highest BCUT2D eigenvalue weighted by molar-refractivity contribution is 6.22. The fourth-order valence-electron chi connectivity index (χ4n) is 7.03. The molecule has 0 aliphatic carbocycles. The zero-order chi connectivity index (χ0) is 31.0. The third kappa shape index (κ3) is 4.93. The van der Waals surface area contributed by atoms with E-state index in [1.165, 1.54) is 65.7 Å². The maximum absolute atomic E-state index is 4.74. The number of aromatic nitrogens is 2. The summed E-state index contributed by atoms with van der Waals surface area (Å²) < 4.78 is 0. The highest BCUT2D eigenvalue weighted by Crippen LogP contribution is 2.45. The fraction of sp³-hybridized carbons (Fsp3) is 0.0909. The molecular weight excluding hydrogens is 556 g/mol. The van der Waals surface area contributed by atoms with E-state index in [-0.39, 0.29) is 0 Å². The molecule has 8 aromatic rings. The molecule has 0 spiro atoms. The minimum absolute atomic E-state index is 0.958. The lowest BCUT2D eigenvalue weighted by molar-refractivity contribution is 0.924. The molecule has 220 valence electrons. The van der Waals surface area contributed by atoms with Gasteiger partial charge in [0.2, 0.25) is 0 Å². The topological polar surface area (TPSA) is 25.8 Å². The Labute approximate surface area is 270 Å². The van der Waals surface area contributed by atoms with Crippen molar-refractivity contribution in [3.63, 3.8) is 0 Å². The highest BCUT2D eigenvalue weighted by atomic mass is 14.7. The van der Waals surface area contributed by atoms with Crippen molar-refractivity contribution in [2.24, 2.45) is 0 Å². The molecule has 0 fully saturated rings. The van der Waals surface area contributed by atoms with Crippen LogP contribution in [0.4, 0.5) is 0 Å². The quantitative estimate of drug-likeness (QED) is 0.180. The lowest BCUT2D eigenvalue weighted by Crippen LogP contribution is -1.93. The summed E-state index contributed by atoms with van der Waals surface area (Å²) in [5.41, 5.74) is 12.0. The average Bonchev–Trinajstić information content (AvgIpc) is 3.11. The molecule has 0 aliphatic heterocycles. The first-order valence-corrected chi connectivity index (χ1v) is 16.1. The first-order chi connectivity index (χ1) is 22.7. The lowest BCUT2D eigenvalue weighted by atomic mass is 9.84. The molecular formula is C44H34N2. The molecule has 0 amide bonds. The van der Waals surface area contributed by atoms with Crippen molar-refractivity contribution in [3.8, 4) is 44.6 Å². The summed E-state index contributed by atoms with van der Waals surface area (Å²) >= 11 is 0. The Bertz CT molecular complexity index is 2330. The maximum Gasteiger partial charge on any atom is 0.0708 e. The molecule has 0 saturated carbocycles. The molecule has 46 heavy (non-hydrogen) atoms. The summed E-state index contributed by atoms with van der Waals surface area (Å²) in [6.45, 7) is 4.46. The number of rotatable bonds is 6. The minimum Gasteiger partial charge on any atom is -0.264 e. The minimum atomic E-state index is 0.958. The van der Waals surface area contributed by atoms with Crippen LogP contribution in [0.5, 0.6) is 0 Å². The van der Waals surface area contributed by atoms with Crippen LogP contribution in [-0.2, 0) is 6.42 Å². The van der Waals surface area contributed by atoms with Gasteiger partial charge in [0.15, 0.2) is 0 Å². The second-order valence-corrected chi connectivity index (χ2v) is 12.2. The van der Waals surface area contributed by atoms with Crippen LogP contribution in [0.25, 0.3) is 77.0 Å². The standard InChI is InChI=1S/C44H34N2/c1-3-9-30-15-16-31-17-18-34(26-36(31)25-30)43-38-11-4-6-13-40(38)44(41-14-7-5-12-39(41)43)37-20-19-33(24-29(37)2)42-27-32(21-23-46-42)35-10-8-22-45-28-35/h4-8,10-28H,3,9H2,1-2H3. The average molecular weight is 591 g/mol. The Kier molecular flexibility index (Phi) is 7.11. The van der Waals surface area contributed by atoms with Crippen LogP contribution in [-0.4, -0.2) is 9.97 Å². The van der Waals surface area contributed by atoms with Gasteiger partial charge in [-0.3, -0.25) is 9.97 Å². The molecule has 0 N–H and O–H groups in total. The molecule has 2 heteroatoms. The Morgan fingerprint density at radius 3 is 1.93 bits per heavy atom. The monoisotopic (exact) mass is 590 g/mol. The zero-order valence-electron chi connectivity index (χ0n) is 26.2. The Balaban J connectivity index is 1.30. The van der Waals surface area contributed by atoms with E-state index in [0.29, 0.717) is 0 Å². The zero-order valence-corrected chi connectivity index (χ0v) is 26.2. The molecule has 0 bridgehead atoms. The van der Waals surface area contributed by atoms with E-state index in [9.17, 15) is 0 Å². The van der Waals surface area contributed by atoms with Crippen LogP contribution in [0.2, 0.25) is 0 Å². The lowest BCUT2D eigenvalue weighted by Gasteiger charge is -2.19. The van der Waals surface area contributed by atoms with Gasteiger partial charge in [-0.15, -0.1) is 0 Å². The predicted octanol–water partition coefficient (Wildman–Crippen LogP) is 11.9. The highest BCUT2D eigenvalue weighted by Gasteiger charge is 2.18. The van der Waals surface area contributed by atoms with Gasteiger partial charge in [-0.25, -0.2) is 0 Å². The van der Waals surface area contributed by atoms with Crippen LogP contribution < -0.4 is 0 Å². The number of hydrogen-bond donors (Lipinski definition) is 0. The summed E-state index contributed by atoms with van der Waals surface area (Å²) in [6.07, 6.45) is 7.84. The van der Waals surface area contributed by atoms with E-state index in [0.717, 1.165) is 35.2 Å². The second kappa shape index (κ2) is 11.7. The molecule has 0 aliphatic rings. The number of aryl methyl sites for hydroxylation is 2. The molecule has 8 rings (SSSR count). The SMILES string of the molecule is CCCc1ccc2ccc(-c3c4ccccc4c(-c4ccc(-c5cc(-c6cccnc6)ccn5)cc4C)c4ccccc34)cc2c1. The molecule has 0 unspecified atom stereocenters. The van der Waals surface area contributed by atoms with Crippen molar-refractivity contribution >= 4 is 32.3 Å². The van der Waals surface area contributed by atoms with E-state index in [1.807, 2.05) is 24.5 Å². The van der Waals surface area contributed by atoms with Gasteiger partial charge in [-0.05, 0) is 115 Å². The van der Waals surface area contributed by atoms with E-state index in [2.05, 4.69) is 134 Å². The number of benzene rings is 6. The van der Waals surface area contributed by atoms with E-state index < -0.39 is 0 Å². The third-order valence-electron chi connectivity index (χ3n) is 9.21. The van der Waals surface area contributed by atoms with Crippen LogP contribution in [0.3, 0.4) is 0 Å². The Morgan fingerprint density at radius 1 is 0.522 bits per heavy atom. The molecule has 0 atom stereocenters. The molecule has 0 radical (unpaired) electrons. The number of nitrogens with zero attached hydrogens (tertiary/aromatic N) is 2. The first-order valence-electron chi connectivity index (χ1n) is 16.1. The van der Waals surface area contributed by atoms with Crippen molar-refractivity contribution in [2.75, 3.05) is 0 Å². The van der Waals surface area contributed by atoms with Crippen molar-refractivity contribution in [3.05, 3.63) is 157 Å². The molecule has 2 nitrogen and oxygen atoms in total. The smallest absolute Gasteiger partial charge is 0.0708 e. The Morgan fingerprint density at radius 2 is 1.24 bits per heavy atom. The van der Waals surface area contributed by atoms with Gasteiger partial charge in [0.25, 0.3) is 0 Å². The van der Waals surface area contributed by atoms with Crippen molar-refractivity contribution in [1.82, 2.24) is 9.97 Å². The second-order valence-electron chi connectivity index (χ2n) is 12.2. The van der Waals surface area contributed by atoms with Gasteiger partial charge in [-0.1, -0.05) is 110 Å². The third-order valence-corrected chi connectivity index (χ3v) is 9.21. The fourth-order valence-corrected chi connectivity index (χ4v) is 7.03. The van der Waals surface area contributed by atoms with Gasteiger partial charge in [0.05, 0.1) is 5.69 Å². The van der Waals surface area contributed by atoms with Crippen molar-refractivity contribution in [1.29, 1.82) is 0 Å². The number of hydrogen-bond acceptors (Lipinski definition) is 2. The molecule has 2 heterocycles. The van der Waals surface area contributed by atoms with Crippen LogP contribution in [0.1, 0.15) is 24.5 Å².